The Bertz CT molecular complexity index is 484. The SMILES string of the molecule is CCCCN(CCN(CCN(CC(=O)O)CC(=O)O)CC(=O)O)CC(=O)O. The van der Waals surface area contributed by atoms with Gasteiger partial charge >= 0.3 is 23.9 Å². The molecule has 0 heterocycles. The third kappa shape index (κ3) is 14.6. The van der Waals surface area contributed by atoms with E-state index in [2.05, 4.69) is 0 Å². The summed E-state index contributed by atoms with van der Waals surface area (Å²) in [4.78, 5) is 48.1. The number of carbonyl (C=O) groups is 4. The van der Waals surface area contributed by atoms with Gasteiger partial charge in [-0.15, -0.1) is 0 Å². The van der Waals surface area contributed by atoms with E-state index in [4.69, 9.17) is 20.4 Å². The fourth-order valence-corrected chi connectivity index (χ4v) is 2.47. The van der Waals surface area contributed by atoms with Crippen molar-refractivity contribution < 1.29 is 39.6 Å². The van der Waals surface area contributed by atoms with Crippen molar-refractivity contribution in [2.75, 3.05) is 58.9 Å². The monoisotopic (exact) mass is 391 g/mol. The lowest BCUT2D eigenvalue weighted by molar-refractivity contribution is -0.143. The van der Waals surface area contributed by atoms with Gasteiger partial charge < -0.3 is 20.4 Å². The Kier molecular flexibility index (Phi) is 12.7. The van der Waals surface area contributed by atoms with E-state index in [1.165, 1.54) is 4.90 Å². The number of nitrogens with zero attached hydrogens (tertiary/aromatic N) is 3. The van der Waals surface area contributed by atoms with Crippen molar-refractivity contribution in [1.29, 1.82) is 0 Å². The first-order chi connectivity index (χ1) is 12.6. The molecule has 0 saturated heterocycles. The molecule has 0 bridgehead atoms. The van der Waals surface area contributed by atoms with E-state index in [1.807, 2.05) is 6.92 Å². The molecule has 0 rings (SSSR count). The molecule has 0 aliphatic rings. The summed E-state index contributed by atoms with van der Waals surface area (Å²) >= 11 is 0. The molecule has 0 aliphatic carbocycles. The molecular weight excluding hydrogens is 362 g/mol. The maximum atomic E-state index is 11.1. The van der Waals surface area contributed by atoms with E-state index >= 15 is 0 Å². The van der Waals surface area contributed by atoms with Crippen LogP contribution < -0.4 is 0 Å². The summed E-state index contributed by atoms with van der Waals surface area (Å²) in [5.74, 6) is -4.39. The van der Waals surface area contributed by atoms with Gasteiger partial charge in [0.1, 0.15) is 0 Å². The van der Waals surface area contributed by atoms with Crippen molar-refractivity contribution >= 4 is 23.9 Å². The Hall–Kier alpha value is -2.24. The van der Waals surface area contributed by atoms with Crippen molar-refractivity contribution in [2.45, 2.75) is 19.8 Å². The van der Waals surface area contributed by atoms with Crippen molar-refractivity contribution in [2.24, 2.45) is 0 Å². The second kappa shape index (κ2) is 13.9. The van der Waals surface area contributed by atoms with Gasteiger partial charge in [0.25, 0.3) is 0 Å². The van der Waals surface area contributed by atoms with Crippen LogP contribution in [0.5, 0.6) is 0 Å². The van der Waals surface area contributed by atoms with E-state index in [9.17, 15) is 19.2 Å². The maximum absolute atomic E-state index is 11.1. The Morgan fingerprint density at radius 1 is 0.556 bits per heavy atom. The minimum atomic E-state index is -1.17. The molecule has 27 heavy (non-hydrogen) atoms. The molecule has 0 radical (unpaired) electrons. The number of unbranched alkanes of at least 4 members (excludes halogenated alkanes) is 1. The van der Waals surface area contributed by atoms with Crippen molar-refractivity contribution in [1.82, 2.24) is 14.7 Å². The van der Waals surface area contributed by atoms with Gasteiger partial charge in [0.15, 0.2) is 0 Å². The molecule has 0 aromatic carbocycles. The summed E-state index contributed by atoms with van der Waals surface area (Å²) in [6.07, 6.45) is 1.71. The first-order valence-electron chi connectivity index (χ1n) is 8.68. The van der Waals surface area contributed by atoms with Crippen LogP contribution in [0.1, 0.15) is 19.8 Å². The van der Waals surface area contributed by atoms with Crippen molar-refractivity contribution in [3.8, 4) is 0 Å². The van der Waals surface area contributed by atoms with Crippen LogP contribution in [-0.2, 0) is 19.2 Å². The minimum Gasteiger partial charge on any atom is -0.480 e. The standard InChI is InChI=1S/C16H29N3O8/c1-2-3-4-17(9-13(20)21)5-6-18(10-14(22)23)7-8-19(11-15(24)25)12-16(26)27/h2-12H2,1H3,(H,20,21)(H,22,23)(H,24,25)(H,26,27). The zero-order valence-corrected chi connectivity index (χ0v) is 15.5. The molecule has 156 valence electrons. The zero-order valence-electron chi connectivity index (χ0n) is 15.5. The number of hydrogen-bond donors (Lipinski definition) is 4. The highest BCUT2D eigenvalue weighted by Crippen LogP contribution is 1.99. The van der Waals surface area contributed by atoms with Crippen LogP contribution in [0.3, 0.4) is 0 Å². The fraction of sp³-hybridized carbons (Fsp3) is 0.750. The second-order valence-corrected chi connectivity index (χ2v) is 6.19. The van der Waals surface area contributed by atoms with Gasteiger partial charge in [0, 0.05) is 26.2 Å². The van der Waals surface area contributed by atoms with E-state index < -0.39 is 37.0 Å². The van der Waals surface area contributed by atoms with Crippen LogP contribution >= 0.6 is 0 Å². The molecule has 0 unspecified atom stereocenters. The highest BCUT2D eigenvalue weighted by atomic mass is 16.4. The normalized spacial score (nSPS) is 11.3. The van der Waals surface area contributed by atoms with Crippen LogP contribution in [-0.4, -0.2) is 118 Å². The highest BCUT2D eigenvalue weighted by Gasteiger charge is 2.18. The highest BCUT2D eigenvalue weighted by molar-refractivity contribution is 5.72. The molecule has 0 spiro atoms. The lowest BCUT2D eigenvalue weighted by atomic mass is 10.3. The Morgan fingerprint density at radius 3 is 1.19 bits per heavy atom. The zero-order chi connectivity index (χ0) is 20.8. The first kappa shape index (κ1) is 24.8. The van der Waals surface area contributed by atoms with E-state index in [0.29, 0.717) is 13.1 Å². The molecule has 0 atom stereocenters. The summed E-state index contributed by atoms with van der Waals surface area (Å²) in [7, 11) is 0. The van der Waals surface area contributed by atoms with E-state index in [0.717, 1.165) is 12.8 Å². The quantitative estimate of drug-likeness (QED) is 0.242. The predicted octanol–water partition coefficient (Wildman–Crippen LogP) is -0.969. The molecular formula is C16H29N3O8. The van der Waals surface area contributed by atoms with Gasteiger partial charge in [-0.3, -0.25) is 33.9 Å². The number of carboxylic acids is 4. The molecule has 0 aliphatic heterocycles. The van der Waals surface area contributed by atoms with Crippen molar-refractivity contribution in [3.63, 3.8) is 0 Å². The second-order valence-electron chi connectivity index (χ2n) is 6.19. The smallest absolute Gasteiger partial charge is 0.317 e. The molecule has 0 amide bonds. The van der Waals surface area contributed by atoms with Gasteiger partial charge in [-0.05, 0) is 13.0 Å². The summed E-state index contributed by atoms with van der Waals surface area (Å²) in [5, 5.41) is 35.7. The molecule has 0 aromatic heterocycles. The number of aliphatic carboxylic acids is 4. The molecule has 0 aromatic rings. The average molecular weight is 391 g/mol. The summed E-state index contributed by atoms with van der Waals surface area (Å²) < 4.78 is 0. The molecule has 0 saturated carbocycles. The molecule has 11 nitrogen and oxygen atoms in total. The Balaban J connectivity index is 4.77. The van der Waals surface area contributed by atoms with Crippen LogP contribution in [0.4, 0.5) is 0 Å². The van der Waals surface area contributed by atoms with Gasteiger partial charge in [-0.25, -0.2) is 0 Å². The maximum Gasteiger partial charge on any atom is 0.317 e. The molecule has 4 N–H and O–H groups in total. The summed E-state index contributed by atoms with van der Waals surface area (Å²) in [5.41, 5.74) is 0. The molecule has 11 heteroatoms. The number of hydrogen-bond acceptors (Lipinski definition) is 7. The first-order valence-corrected chi connectivity index (χ1v) is 8.68. The van der Waals surface area contributed by atoms with E-state index in [-0.39, 0.29) is 32.7 Å². The van der Waals surface area contributed by atoms with Crippen LogP contribution in [0.15, 0.2) is 0 Å². The van der Waals surface area contributed by atoms with Crippen LogP contribution in [0.2, 0.25) is 0 Å². The van der Waals surface area contributed by atoms with Gasteiger partial charge in [0.05, 0.1) is 26.2 Å². The lowest BCUT2D eigenvalue weighted by Crippen LogP contribution is -2.44. The van der Waals surface area contributed by atoms with Gasteiger partial charge in [-0.1, -0.05) is 13.3 Å². The Morgan fingerprint density at radius 2 is 0.852 bits per heavy atom. The predicted molar refractivity (Wildman–Crippen MR) is 94.8 cm³/mol. The Labute approximate surface area is 157 Å². The third-order valence-electron chi connectivity index (χ3n) is 3.73. The fourth-order valence-electron chi connectivity index (χ4n) is 2.47. The number of rotatable bonds is 17. The average Bonchev–Trinajstić information content (AvgIpc) is 2.52. The van der Waals surface area contributed by atoms with Gasteiger partial charge in [0.2, 0.25) is 0 Å². The number of carboxylic acid groups (broad SMARTS) is 4. The van der Waals surface area contributed by atoms with Crippen LogP contribution in [0.25, 0.3) is 0 Å². The van der Waals surface area contributed by atoms with Crippen molar-refractivity contribution in [3.05, 3.63) is 0 Å². The largest absolute Gasteiger partial charge is 0.480 e. The van der Waals surface area contributed by atoms with E-state index in [1.54, 1.807) is 9.80 Å². The topological polar surface area (TPSA) is 159 Å². The molecule has 0 fully saturated rings. The minimum absolute atomic E-state index is 0.0692. The third-order valence-corrected chi connectivity index (χ3v) is 3.73. The van der Waals surface area contributed by atoms with Gasteiger partial charge in [-0.2, -0.15) is 0 Å². The lowest BCUT2D eigenvalue weighted by Gasteiger charge is -2.27. The summed E-state index contributed by atoms with van der Waals surface area (Å²) in [6, 6.07) is 0. The summed E-state index contributed by atoms with van der Waals surface area (Å²) in [6.45, 7) is 2.02. The van der Waals surface area contributed by atoms with Crippen LogP contribution in [0, 0.1) is 0 Å².